The van der Waals surface area contributed by atoms with Crippen LogP contribution in [-0.4, -0.2) is 35.3 Å². The van der Waals surface area contributed by atoms with Crippen LogP contribution in [0.2, 0.25) is 0 Å². The van der Waals surface area contributed by atoms with E-state index in [0.29, 0.717) is 30.3 Å². The van der Waals surface area contributed by atoms with E-state index >= 15 is 0 Å². The van der Waals surface area contributed by atoms with Crippen LogP contribution in [0.1, 0.15) is 52.4 Å². The van der Waals surface area contributed by atoms with Gasteiger partial charge in [0.25, 0.3) is 0 Å². The minimum atomic E-state index is -0.237. The maximum Gasteiger partial charge on any atom is 0.245 e. The minimum absolute atomic E-state index is 0.0463. The van der Waals surface area contributed by atoms with E-state index in [1.54, 1.807) is 0 Å². The van der Waals surface area contributed by atoms with Crippen molar-refractivity contribution < 1.29 is 9.59 Å². The lowest BCUT2D eigenvalue weighted by Crippen LogP contribution is -2.49. The zero-order valence-corrected chi connectivity index (χ0v) is 11.9. The molecule has 1 N–H and O–H groups in total. The average molecular weight is 264 g/mol. The standard InChI is InChI=1S/C15H24N2O2/c1-15(2)7-5-11(9-15)17-8-6-12(18)16-13(14(17)19)10-3-4-10/h10-11,13H,3-9H2,1-2H3,(H,16,18). The van der Waals surface area contributed by atoms with Crippen molar-refractivity contribution in [2.24, 2.45) is 11.3 Å². The number of nitrogens with zero attached hydrogens (tertiary/aromatic N) is 1. The summed E-state index contributed by atoms with van der Waals surface area (Å²) in [6.45, 7) is 5.16. The monoisotopic (exact) mass is 264 g/mol. The Hall–Kier alpha value is -1.06. The molecule has 0 aromatic carbocycles. The number of rotatable bonds is 2. The Balaban J connectivity index is 1.76. The fourth-order valence-corrected chi connectivity index (χ4v) is 3.60. The average Bonchev–Trinajstić information content (AvgIpc) is 3.11. The Morgan fingerprint density at radius 1 is 1.21 bits per heavy atom. The summed E-state index contributed by atoms with van der Waals surface area (Å²) in [5.74, 6) is 0.618. The van der Waals surface area contributed by atoms with Crippen LogP contribution in [0.15, 0.2) is 0 Å². The van der Waals surface area contributed by atoms with Gasteiger partial charge >= 0.3 is 0 Å². The molecule has 3 aliphatic rings. The Kier molecular flexibility index (Phi) is 3.06. The van der Waals surface area contributed by atoms with Crippen LogP contribution in [0.25, 0.3) is 0 Å². The van der Waals surface area contributed by atoms with Crippen LogP contribution in [0, 0.1) is 11.3 Å². The molecule has 3 rings (SSSR count). The highest BCUT2D eigenvalue weighted by Crippen LogP contribution is 2.41. The fraction of sp³-hybridized carbons (Fsp3) is 0.867. The Morgan fingerprint density at radius 3 is 2.53 bits per heavy atom. The first kappa shape index (κ1) is 12.9. The second kappa shape index (κ2) is 4.50. The molecular formula is C15H24N2O2. The van der Waals surface area contributed by atoms with Gasteiger partial charge in [-0.05, 0) is 43.4 Å². The van der Waals surface area contributed by atoms with E-state index in [2.05, 4.69) is 19.2 Å². The second-order valence-corrected chi connectivity index (χ2v) is 7.23. The second-order valence-electron chi connectivity index (χ2n) is 7.23. The normalized spacial score (nSPS) is 35.2. The van der Waals surface area contributed by atoms with E-state index in [9.17, 15) is 9.59 Å². The molecule has 1 heterocycles. The van der Waals surface area contributed by atoms with Gasteiger partial charge in [0.2, 0.25) is 11.8 Å². The van der Waals surface area contributed by atoms with Gasteiger partial charge < -0.3 is 10.2 Å². The molecule has 19 heavy (non-hydrogen) atoms. The van der Waals surface area contributed by atoms with Crippen molar-refractivity contribution in [2.45, 2.75) is 64.5 Å². The highest BCUT2D eigenvalue weighted by molar-refractivity contribution is 5.90. The molecule has 2 amide bonds. The van der Waals surface area contributed by atoms with Crippen molar-refractivity contribution in [3.8, 4) is 0 Å². The van der Waals surface area contributed by atoms with Crippen molar-refractivity contribution in [3.05, 3.63) is 0 Å². The van der Waals surface area contributed by atoms with Crippen molar-refractivity contribution in [1.82, 2.24) is 10.2 Å². The van der Waals surface area contributed by atoms with Crippen molar-refractivity contribution in [3.63, 3.8) is 0 Å². The molecule has 1 aliphatic heterocycles. The molecule has 0 aromatic rings. The highest BCUT2D eigenvalue weighted by atomic mass is 16.2. The third kappa shape index (κ3) is 2.63. The Morgan fingerprint density at radius 2 is 1.95 bits per heavy atom. The fourth-order valence-electron chi connectivity index (χ4n) is 3.60. The lowest BCUT2D eigenvalue weighted by atomic mass is 9.91. The van der Waals surface area contributed by atoms with Crippen LogP contribution in [0.4, 0.5) is 0 Å². The van der Waals surface area contributed by atoms with E-state index in [0.717, 1.165) is 25.7 Å². The molecule has 2 unspecified atom stereocenters. The molecule has 2 saturated carbocycles. The van der Waals surface area contributed by atoms with Gasteiger partial charge in [-0.3, -0.25) is 9.59 Å². The maximum absolute atomic E-state index is 12.7. The molecule has 0 bridgehead atoms. The van der Waals surface area contributed by atoms with Gasteiger partial charge in [-0.2, -0.15) is 0 Å². The van der Waals surface area contributed by atoms with Crippen molar-refractivity contribution in [1.29, 1.82) is 0 Å². The number of amides is 2. The van der Waals surface area contributed by atoms with Gasteiger partial charge in [0, 0.05) is 19.0 Å². The summed E-state index contributed by atoms with van der Waals surface area (Å²) < 4.78 is 0. The van der Waals surface area contributed by atoms with E-state index in [4.69, 9.17) is 0 Å². The molecule has 2 aliphatic carbocycles. The molecular weight excluding hydrogens is 240 g/mol. The van der Waals surface area contributed by atoms with Crippen molar-refractivity contribution >= 4 is 11.8 Å². The van der Waals surface area contributed by atoms with Crippen LogP contribution in [0.3, 0.4) is 0 Å². The Bertz CT molecular complexity index is 401. The van der Waals surface area contributed by atoms with E-state index in [-0.39, 0.29) is 17.9 Å². The quantitative estimate of drug-likeness (QED) is 0.825. The van der Waals surface area contributed by atoms with Crippen LogP contribution in [0.5, 0.6) is 0 Å². The molecule has 106 valence electrons. The summed E-state index contributed by atoms with van der Waals surface area (Å²) in [7, 11) is 0. The molecule has 4 heteroatoms. The first-order chi connectivity index (χ1) is 8.96. The van der Waals surface area contributed by atoms with Gasteiger partial charge in [0.05, 0.1) is 0 Å². The van der Waals surface area contributed by atoms with Gasteiger partial charge in [-0.15, -0.1) is 0 Å². The summed E-state index contributed by atoms with van der Waals surface area (Å²) in [4.78, 5) is 26.5. The first-order valence-corrected chi connectivity index (χ1v) is 7.56. The largest absolute Gasteiger partial charge is 0.344 e. The number of nitrogens with one attached hydrogen (secondary N) is 1. The molecule has 2 atom stereocenters. The Labute approximate surface area is 114 Å². The lowest BCUT2D eigenvalue weighted by Gasteiger charge is -2.30. The van der Waals surface area contributed by atoms with Crippen LogP contribution >= 0.6 is 0 Å². The van der Waals surface area contributed by atoms with Gasteiger partial charge in [-0.25, -0.2) is 0 Å². The number of carbonyl (C=O) groups is 2. The maximum atomic E-state index is 12.7. The topological polar surface area (TPSA) is 49.4 Å². The van der Waals surface area contributed by atoms with Crippen LogP contribution in [-0.2, 0) is 9.59 Å². The molecule has 0 spiro atoms. The van der Waals surface area contributed by atoms with Gasteiger partial charge in [-0.1, -0.05) is 13.8 Å². The highest BCUT2D eigenvalue weighted by Gasteiger charge is 2.44. The molecule has 3 fully saturated rings. The van der Waals surface area contributed by atoms with E-state index in [1.807, 2.05) is 4.90 Å². The van der Waals surface area contributed by atoms with E-state index < -0.39 is 0 Å². The smallest absolute Gasteiger partial charge is 0.245 e. The van der Waals surface area contributed by atoms with Gasteiger partial charge in [0.15, 0.2) is 0 Å². The molecule has 0 aromatic heterocycles. The molecule has 1 saturated heterocycles. The zero-order chi connectivity index (χ0) is 13.6. The summed E-state index contributed by atoms with van der Waals surface area (Å²) in [5, 5.41) is 2.93. The third-order valence-corrected chi connectivity index (χ3v) is 4.92. The third-order valence-electron chi connectivity index (χ3n) is 4.92. The molecule has 4 nitrogen and oxygen atoms in total. The number of hydrogen-bond donors (Lipinski definition) is 1. The minimum Gasteiger partial charge on any atom is -0.344 e. The van der Waals surface area contributed by atoms with Gasteiger partial charge in [0.1, 0.15) is 6.04 Å². The first-order valence-electron chi connectivity index (χ1n) is 7.56. The summed E-state index contributed by atoms with van der Waals surface area (Å²) in [6.07, 6.45) is 5.97. The SMILES string of the molecule is CC1(C)CCC(N2CCC(=O)NC(C3CC3)C2=O)C1. The van der Waals surface area contributed by atoms with E-state index in [1.165, 1.54) is 6.42 Å². The van der Waals surface area contributed by atoms with Crippen LogP contribution < -0.4 is 5.32 Å². The predicted octanol–water partition coefficient (Wildman–Crippen LogP) is 1.69. The predicted molar refractivity (Wildman–Crippen MR) is 72.4 cm³/mol. The summed E-state index contributed by atoms with van der Waals surface area (Å²) in [6, 6.07) is 0.107. The number of carbonyl (C=O) groups excluding carboxylic acids is 2. The molecule has 0 radical (unpaired) electrons. The zero-order valence-electron chi connectivity index (χ0n) is 11.9. The summed E-state index contributed by atoms with van der Waals surface area (Å²) in [5.41, 5.74) is 0.337. The summed E-state index contributed by atoms with van der Waals surface area (Å²) >= 11 is 0. The van der Waals surface area contributed by atoms with Crippen molar-refractivity contribution in [2.75, 3.05) is 6.54 Å². The lowest BCUT2D eigenvalue weighted by molar-refractivity contribution is -0.136. The number of hydrogen-bond acceptors (Lipinski definition) is 2.